The zero-order chi connectivity index (χ0) is 20.9. The fourth-order valence-corrected chi connectivity index (χ4v) is 3.74. The molecular weight excluding hydrogens is 442 g/mol. The minimum atomic E-state index is 0.386. The van der Waals surface area contributed by atoms with E-state index < -0.39 is 0 Å². The third-order valence-corrected chi connectivity index (χ3v) is 5.65. The molecule has 1 aromatic heterocycles. The van der Waals surface area contributed by atoms with Crippen molar-refractivity contribution in [2.45, 2.75) is 20.1 Å². The van der Waals surface area contributed by atoms with Crippen molar-refractivity contribution >= 4 is 15.9 Å². The molecule has 152 valence electrons. The first kappa shape index (κ1) is 20.3. The highest BCUT2D eigenvalue weighted by Gasteiger charge is 2.10. The molecule has 0 saturated heterocycles. The van der Waals surface area contributed by atoms with Crippen molar-refractivity contribution in [1.82, 2.24) is 15.0 Å². The second-order valence-corrected chi connectivity index (χ2v) is 7.77. The molecule has 0 N–H and O–H groups in total. The largest absolute Gasteiger partial charge is 0.497 e. The highest BCUT2D eigenvalue weighted by molar-refractivity contribution is 9.10. The van der Waals surface area contributed by atoms with E-state index in [0.29, 0.717) is 13.2 Å². The minimum Gasteiger partial charge on any atom is -0.497 e. The molecule has 0 fully saturated rings. The lowest BCUT2D eigenvalue weighted by molar-refractivity contribution is 0.104. The van der Waals surface area contributed by atoms with Crippen molar-refractivity contribution in [2.75, 3.05) is 7.11 Å². The zero-order valence-corrected chi connectivity index (χ0v) is 18.5. The summed E-state index contributed by atoms with van der Waals surface area (Å²) in [5.41, 5.74) is 6.46. The van der Waals surface area contributed by atoms with Gasteiger partial charge in [-0.3, -0.25) is 0 Å². The topological polar surface area (TPSA) is 49.2 Å². The third kappa shape index (κ3) is 4.45. The van der Waals surface area contributed by atoms with E-state index >= 15 is 0 Å². The lowest BCUT2D eigenvalue weighted by Crippen LogP contribution is -1.98. The van der Waals surface area contributed by atoms with Crippen molar-refractivity contribution in [2.24, 2.45) is 0 Å². The van der Waals surface area contributed by atoms with Gasteiger partial charge in [0.1, 0.15) is 11.4 Å². The van der Waals surface area contributed by atoms with Gasteiger partial charge in [-0.05, 0) is 57.2 Å². The average molecular weight is 464 g/mol. The maximum Gasteiger partial charge on any atom is 0.121 e. The molecule has 6 heteroatoms. The molecular formula is C24H22BrN3O2. The van der Waals surface area contributed by atoms with Gasteiger partial charge >= 0.3 is 0 Å². The fourth-order valence-electron chi connectivity index (χ4n) is 3.31. The monoisotopic (exact) mass is 463 g/mol. The van der Waals surface area contributed by atoms with E-state index in [1.807, 2.05) is 30.5 Å². The quantitative estimate of drug-likeness (QED) is 0.351. The molecule has 0 amide bonds. The van der Waals surface area contributed by atoms with Gasteiger partial charge in [-0.25, -0.2) is 4.68 Å². The van der Waals surface area contributed by atoms with Gasteiger partial charge in [-0.2, -0.15) is 0 Å². The summed E-state index contributed by atoms with van der Waals surface area (Å²) in [4.78, 5) is 0. The summed E-state index contributed by atoms with van der Waals surface area (Å²) in [6.45, 7) is 3.04. The van der Waals surface area contributed by atoms with Gasteiger partial charge in [-0.15, -0.1) is 5.10 Å². The lowest BCUT2D eigenvalue weighted by atomic mass is 9.97. The van der Waals surface area contributed by atoms with E-state index in [1.54, 1.807) is 11.8 Å². The van der Waals surface area contributed by atoms with Crippen LogP contribution in [0.25, 0.3) is 16.8 Å². The highest BCUT2D eigenvalue weighted by Crippen LogP contribution is 2.27. The number of hydrogen-bond donors (Lipinski definition) is 0. The minimum absolute atomic E-state index is 0.386. The van der Waals surface area contributed by atoms with Crippen molar-refractivity contribution in [3.63, 3.8) is 0 Å². The number of aromatic nitrogens is 3. The van der Waals surface area contributed by atoms with E-state index in [4.69, 9.17) is 9.47 Å². The Hall–Kier alpha value is -2.96. The van der Waals surface area contributed by atoms with Gasteiger partial charge in [0.05, 0.1) is 32.2 Å². The molecule has 0 aliphatic heterocycles. The zero-order valence-electron chi connectivity index (χ0n) is 16.9. The van der Waals surface area contributed by atoms with Crippen LogP contribution < -0.4 is 4.74 Å². The predicted octanol–water partition coefficient (Wildman–Crippen LogP) is 5.73. The van der Waals surface area contributed by atoms with Crippen molar-refractivity contribution in [1.29, 1.82) is 0 Å². The number of hydrogen-bond acceptors (Lipinski definition) is 4. The van der Waals surface area contributed by atoms with E-state index in [0.717, 1.165) is 21.6 Å². The fraction of sp³-hybridized carbons (Fsp3) is 0.167. The van der Waals surface area contributed by atoms with Crippen molar-refractivity contribution < 1.29 is 9.47 Å². The Labute approximate surface area is 184 Å². The van der Waals surface area contributed by atoms with Crippen LogP contribution in [0, 0.1) is 6.92 Å². The SMILES string of the molecule is COc1ccc(Br)c(-n2cc(COCc3cccc(-c4ccccc4)c3C)nn2)c1. The number of methoxy groups -OCH3 is 1. The molecule has 0 unspecified atom stereocenters. The summed E-state index contributed by atoms with van der Waals surface area (Å²) in [7, 11) is 1.64. The van der Waals surface area contributed by atoms with Gasteiger partial charge in [-0.1, -0.05) is 53.7 Å². The van der Waals surface area contributed by atoms with Gasteiger partial charge in [0.25, 0.3) is 0 Å². The smallest absolute Gasteiger partial charge is 0.121 e. The summed E-state index contributed by atoms with van der Waals surface area (Å²) >= 11 is 3.55. The predicted molar refractivity (Wildman–Crippen MR) is 121 cm³/mol. The molecule has 3 aromatic carbocycles. The molecule has 5 nitrogen and oxygen atoms in total. The Morgan fingerprint density at radius 3 is 2.60 bits per heavy atom. The summed E-state index contributed by atoms with van der Waals surface area (Å²) in [5.74, 6) is 0.760. The van der Waals surface area contributed by atoms with Gasteiger partial charge < -0.3 is 9.47 Å². The number of halogens is 1. The molecule has 0 bridgehead atoms. The maximum atomic E-state index is 5.95. The summed E-state index contributed by atoms with van der Waals surface area (Å²) in [6.07, 6.45) is 1.87. The highest BCUT2D eigenvalue weighted by atomic mass is 79.9. The summed E-state index contributed by atoms with van der Waals surface area (Å²) in [5, 5.41) is 8.46. The van der Waals surface area contributed by atoms with Crippen LogP contribution in [0.1, 0.15) is 16.8 Å². The van der Waals surface area contributed by atoms with Crippen LogP contribution in [0.4, 0.5) is 0 Å². The number of ether oxygens (including phenoxy) is 2. The Morgan fingerprint density at radius 2 is 1.80 bits per heavy atom. The number of benzene rings is 3. The first-order valence-corrected chi connectivity index (χ1v) is 10.4. The average Bonchev–Trinajstić information content (AvgIpc) is 3.24. The van der Waals surface area contributed by atoms with Crippen LogP contribution in [0.2, 0.25) is 0 Å². The second kappa shape index (κ2) is 9.24. The Kier molecular flexibility index (Phi) is 6.26. The van der Waals surface area contributed by atoms with Crippen LogP contribution >= 0.6 is 15.9 Å². The van der Waals surface area contributed by atoms with Gasteiger partial charge in [0.2, 0.25) is 0 Å². The molecule has 0 radical (unpaired) electrons. The van der Waals surface area contributed by atoms with E-state index in [1.165, 1.54) is 22.3 Å². The summed E-state index contributed by atoms with van der Waals surface area (Å²) in [6, 6.07) is 22.4. The Balaban J connectivity index is 1.44. The first-order chi connectivity index (χ1) is 14.7. The van der Waals surface area contributed by atoms with Crippen LogP contribution in [-0.4, -0.2) is 22.1 Å². The molecule has 0 aliphatic rings. The molecule has 4 rings (SSSR count). The van der Waals surface area contributed by atoms with Crippen molar-refractivity contribution in [3.8, 4) is 22.6 Å². The Morgan fingerprint density at radius 1 is 0.967 bits per heavy atom. The molecule has 0 aliphatic carbocycles. The molecule has 1 heterocycles. The van der Waals surface area contributed by atoms with E-state index in [9.17, 15) is 0 Å². The van der Waals surface area contributed by atoms with Crippen LogP contribution in [0.15, 0.2) is 77.4 Å². The third-order valence-electron chi connectivity index (χ3n) is 4.98. The molecule has 0 saturated carbocycles. The van der Waals surface area contributed by atoms with Crippen LogP contribution in [0.3, 0.4) is 0 Å². The van der Waals surface area contributed by atoms with Crippen molar-refractivity contribution in [3.05, 3.63) is 94.2 Å². The van der Waals surface area contributed by atoms with Gasteiger partial charge in [0, 0.05) is 10.5 Å². The maximum absolute atomic E-state index is 5.95. The number of rotatable bonds is 7. The van der Waals surface area contributed by atoms with E-state index in [-0.39, 0.29) is 0 Å². The number of nitrogens with zero attached hydrogens (tertiary/aromatic N) is 3. The standard InChI is InChI=1S/C24H22BrN3O2/c1-17-19(9-6-10-22(17)18-7-4-3-5-8-18)15-30-16-20-14-28(27-26-20)24-13-21(29-2)11-12-23(24)25/h3-14H,15-16H2,1-2H3. The van der Waals surface area contributed by atoms with E-state index in [2.05, 4.69) is 75.6 Å². The lowest BCUT2D eigenvalue weighted by Gasteiger charge is -2.11. The molecule has 0 spiro atoms. The molecule has 4 aromatic rings. The first-order valence-electron chi connectivity index (χ1n) is 9.62. The molecule has 30 heavy (non-hydrogen) atoms. The van der Waals surface area contributed by atoms with Gasteiger partial charge in [0.15, 0.2) is 0 Å². The van der Waals surface area contributed by atoms with Crippen LogP contribution in [0.5, 0.6) is 5.75 Å². The second-order valence-electron chi connectivity index (χ2n) is 6.92. The normalized spacial score (nSPS) is 10.9. The van der Waals surface area contributed by atoms with Crippen LogP contribution in [-0.2, 0) is 18.0 Å². The molecule has 0 atom stereocenters. The Bertz CT molecular complexity index is 1140. The summed E-state index contributed by atoms with van der Waals surface area (Å²) < 4.78 is 13.9.